The van der Waals surface area contributed by atoms with Crippen molar-refractivity contribution in [2.24, 2.45) is 17.8 Å². The van der Waals surface area contributed by atoms with Crippen LogP contribution in [0.1, 0.15) is 98.6 Å². The fraction of sp³-hybridized carbons (Fsp3) is 0.511. The molecule has 1 aromatic heterocycles. The van der Waals surface area contributed by atoms with Gasteiger partial charge < -0.3 is 29.8 Å². The van der Waals surface area contributed by atoms with Crippen molar-refractivity contribution in [1.82, 2.24) is 15.6 Å². The summed E-state index contributed by atoms with van der Waals surface area (Å²) < 4.78 is 40.3. The highest BCUT2D eigenvalue weighted by molar-refractivity contribution is 7.93. The van der Waals surface area contributed by atoms with Crippen LogP contribution in [0.3, 0.4) is 0 Å². The molecule has 60 heavy (non-hydrogen) atoms. The molecular weight excluding hydrogens is 791 g/mol. The molecule has 2 amide bonds. The zero-order valence-electron chi connectivity index (χ0n) is 36.2. The predicted octanol–water partition coefficient (Wildman–Crippen LogP) is 6.07. The highest BCUT2D eigenvalue weighted by Crippen LogP contribution is 2.25. The number of H-pyrrole nitrogens is 1. The van der Waals surface area contributed by atoms with Gasteiger partial charge in [-0.05, 0) is 77.5 Å². The third-order valence-electron chi connectivity index (χ3n) is 9.18. The molecule has 0 fully saturated rings. The van der Waals surface area contributed by atoms with Gasteiger partial charge in [-0.3, -0.25) is 28.8 Å². The van der Waals surface area contributed by atoms with Crippen molar-refractivity contribution >= 4 is 56.2 Å². The third kappa shape index (κ3) is 17.9. The number of amides is 2. The van der Waals surface area contributed by atoms with Crippen molar-refractivity contribution < 1.29 is 51.4 Å². The number of benzene rings is 2. The zero-order valence-corrected chi connectivity index (χ0v) is 37.0. The first kappa shape index (κ1) is 49.1. The van der Waals surface area contributed by atoms with Gasteiger partial charge in [0.2, 0.25) is 11.8 Å². The third-order valence-corrected chi connectivity index (χ3v) is 9.84. The van der Waals surface area contributed by atoms with Gasteiger partial charge in [-0.25, -0.2) is 8.42 Å². The van der Waals surface area contributed by atoms with Gasteiger partial charge in [0, 0.05) is 47.5 Å². The Kier molecular flexibility index (Phi) is 17.8. The standard InChI is InChI=1S/C45H61N3O11S/c1-29(2)35(43(54)47-33(21-22-60(9,55)56)25-41(52)59-45(6,7)8)26-38(49)37(19-20-39(50)58-44(3,4)5)48-42(53)31(23-32-27-46-36-18-14-13-17-34(32)36)24-40(51)57-28-30-15-11-10-12-16-30/h10-18,21-22,27,29,31,33,35,37,46H,19-20,23-26,28H2,1-9H3,(H,47,54)(H,48,53)/b22-21+/t31-,33-,35-,37+/m1/s1. The number of fused-ring (bicyclic) bond motifs is 1. The van der Waals surface area contributed by atoms with E-state index in [0.717, 1.165) is 33.7 Å². The Bertz CT molecular complexity index is 2090. The second-order valence-electron chi connectivity index (χ2n) is 17.4. The van der Waals surface area contributed by atoms with Gasteiger partial charge in [-0.15, -0.1) is 0 Å². The summed E-state index contributed by atoms with van der Waals surface area (Å²) in [6.45, 7) is 13.6. The summed E-state index contributed by atoms with van der Waals surface area (Å²) >= 11 is 0. The molecule has 0 unspecified atom stereocenters. The summed E-state index contributed by atoms with van der Waals surface area (Å²) in [6, 6.07) is 14.2. The second-order valence-corrected chi connectivity index (χ2v) is 19.3. The van der Waals surface area contributed by atoms with Gasteiger partial charge in [0.05, 0.1) is 30.8 Å². The van der Waals surface area contributed by atoms with E-state index in [2.05, 4.69) is 15.6 Å². The van der Waals surface area contributed by atoms with Gasteiger partial charge in [0.15, 0.2) is 15.6 Å². The van der Waals surface area contributed by atoms with E-state index < -0.39 is 86.4 Å². The highest BCUT2D eigenvalue weighted by Gasteiger charge is 2.34. The van der Waals surface area contributed by atoms with Crippen LogP contribution in [0, 0.1) is 17.8 Å². The Morgan fingerprint density at radius 1 is 0.767 bits per heavy atom. The Morgan fingerprint density at radius 3 is 2.00 bits per heavy atom. The molecule has 4 atom stereocenters. The summed E-state index contributed by atoms with van der Waals surface area (Å²) in [5.41, 5.74) is 0.714. The largest absolute Gasteiger partial charge is 0.461 e. The van der Waals surface area contributed by atoms with Crippen molar-refractivity contribution in [3.8, 4) is 0 Å². The first-order chi connectivity index (χ1) is 27.9. The maximum Gasteiger partial charge on any atom is 0.308 e. The normalized spacial score (nSPS) is 14.2. The maximum absolute atomic E-state index is 14.3. The molecule has 14 nitrogen and oxygen atoms in total. The van der Waals surface area contributed by atoms with Gasteiger partial charge in [0.25, 0.3) is 0 Å². The van der Waals surface area contributed by atoms with E-state index in [1.807, 2.05) is 54.6 Å². The number of para-hydroxylation sites is 1. The Balaban J connectivity index is 1.91. The molecule has 2 aromatic carbocycles. The number of ether oxygens (including phenoxy) is 3. The Labute approximate surface area is 353 Å². The topological polar surface area (TPSA) is 204 Å². The van der Waals surface area contributed by atoms with Crippen molar-refractivity contribution in [1.29, 1.82) is 0 Å². The number of hydrogen-bond donors (Lipinski definition) is 3. The first-order valence-corrected chi connectivity index (χ1v) is 22.0. The van der Waals surface area contributed by atoms with E-state index in [4.69, 9.17) is 14.2 Å². The highest BCUT2D eigenvalue weighted by atomic mass is 32.2. The van der Waals surface area contributed by atoms with Crippen LogP contribution in [0.2, 0.25) is 0 Å². The lowest BCUT2D eigenvalue weighted by atomic mass is 9.86. The number of aromatic nitrogens is 1. The van der Waals surface area contributed by atoms with Crippen LogP contribution in [-0.4, -0.2) is 78.4 Å². The lowest BCUT2D eigenvalue weighted by Crippen LogP contribution is -2.47. The van der Waals surface area contributed by atoms with Crippen LogP contribution >= 0.6 is 0 Å². The number of sulfone groups is 1. The molecule has 3 aromatic rings. The summed E-state index contributed by atoms with van der Waals surface area (Å²) in [4.78, 5) is 84.4. The van der Waals surface area contributed by atoms with Crippen LogP contribution in [-0.2, 0) is 65.8 Å². The van der Waals surface area contributed by atoms with E-state index >= 15 is 0 Å². The van der Waals surface area contributed by atoms with Gasteiger partial charge in [0.1, 0.15) is 17.8 Å². The Hall–Kier alpha value is -5.31. The molecule has 0 aliphatic rings. The minimum Gasteiger partial charge on any atom is -0.461 e. The number of esters is 3. The lowest BCUT2D eigenvalue weighted by Gasteiger charge is -2.27. The van der Waals surface area contributed by atoms with Gasteiger partial charge in [-0.2, -0.15) is 0 Å². The van der Waals surface area contributed by atoms with E-state index in [0.29, 0.717) is 0 Å². The zero-order chi connectivity index (χ0) is 44.8. The predicted molar refractivity (Wildman–Crippen MR) is 228 cm³/mol. The average molecular weight is 852 g/mol. The lowest BCUT2D eigenvalue weighted by molar-refractivity contribution is -0.156. The van der Waals surface area contributed by atoms with Crippen LogP contribution in [0.5, 0.6) is 0 Å². The minimum absolute atomic E-state index is 0.000564. The molecule has 0 aliphatic heterocycles. The average Bonchev–Trinajstić information content (AvgIpc) is 3.54. The number of aromatic amines is 1. The molecule has 0 saturated carbocycles. The van der Waals surface area contributed by atoms with Crippen LogP contribution in [0.4, 0.5) is 0 Å². The van der Waals surface area contributed by atoms with Crippen LogP contribution in [0.15, 0.2) is 72.3 Å². The molecule has 0 bridgehead atoms. The second kappa shape index (κ2) is 21.8. The molecule has 3 rings (SSSR count). The smallest absolute Gasteiger partial charge is 0.308 e. The number of carbonyl (C=O) groups is 6. The van der Waals surface area contributed by atoms with Gasteiger partial charge >= 0.3 is 17.9 Å². The van der Waals surface area contributed by atoms with Crippen molar-refractivity contribution in [3.63, 3.8) is 0 Å². The van der Waals surface area contributed by atoms with Crippen molar-refractivity contribution in [2.45, 2.75) is 124 Å². The molecular formula is C45H61N3O11S. The molecule has 0 aliphatic carbocycles. The summed E-state index contributed by atoms with van der Waals surface area (Å²) in [5.74, 6) is -6.17. The maximum atomic E-state index is 14.3. The van der Waals surface area contributed by atoms with Crippen LogP contribution in [0.25, 0.3) is 10.9 Å². The summed E-state index contributed by atoms with van der Waals surface area (Å²) in [5, 5.41) is 7.22. The molecule has 1 heterocycles. The van der Waals surface area contributed by atoms with E-state index in [1.165, 1.54) is 6.08 Å². The molecule has 328 valence electrons. The van der Waals surface area contributed by atoms with Crippen LogP contribution < -0.4 is 10.6 Å². The van der Waals surface area contributed by atoms with Crippen molar-refractivity contribution in [3.05, 3.63) is 83.4 Å². The summed E-state index contributed by atoms with van der Waals surface area (Å²) in [7, 11) is -3.63. The molecule has 0 saturated heterocycles. The molecule has 3 N–H and O–H groups in total. The number of Topliss-reactive ketones (excluding diaryl/α,β-unsaturated/α-hetero) is 1. The quantitative estimate of drug-likeness (QED) is 0.0829. The molecule has 0 spiro atoms. The fourth-order valence-electron chi connectivity index (χ4n) is 6.33. The SMILES string of the molecule is CC(C)[C@@H](CC(=O)[C@H](CCC(=O)OC(C)(C)C)NC(=O)[C@@H](CC(=O)OCc1ccccc1)Cc1c[nH]c2ccccc12)C(=O)N[C@H](/C=C/S(C)(=O)=O)CC(=O)OC(C)(C)C. The number of carbonyl (C=O) groups excluding carboxylic acids is 6. The number of hydrogen-bond acceptors (Lipinski definition) is 11. The molecule has 0 radical (unpaired) electrons. The fourth-order valence-corrected chi connectivity index (χ4v) is 6.80. The van der Waals surface area contributed by atoms with E-state index in [1.54, 1.807) is 61.6 Å². The summed E-state index contributed by atoms with van der Waals surface area (Å²) in [6.07, 6.45) is 2.53. The van der Waals surface area contributed by atoms with E-state index in [-0.39, 0.29) is 45.1 Å². The monoisotopic (exact) mass is 851 g/mol. The Morgan fingerprint density at radius 2 is 1.38 bits per heavy atom. The minimum atomic E-state index is -3.63. The first-order valence-electron chi connectivity index (χ1n) is 20.1. The van der Waals surface area contributed by atoms with Crippen molar-refractivity contribution in [2.75, 3.05) is 6.26 Å². The molecule has 15 heteroatoms. The van der Waals surface area contributed by atoms with E-state index in [9.17, 15) is 37.2 Å². The number of nitrogens with one attached hydrogen (secondary N) is 3. The number of rotatable bonds is 21. The number of ketones is 1. The van der Waals surface area contributed by atoms with Gasteiger partial charge in [-0.1, -0.05) is 68.5 Å².